The second kappa shape index (κ2) is 11.7. The zero-order valence-electron chi connectivity index (χ0n) is 21.0. The van der Waals surface area contributed by atoms with E-state index in [1.807, 2.05) is 26.8 Å². The van der Waals surface area contributed by atoms with Crippen molar-refractivity contribution < 1.29 is 14.3 Å². The highest BCUT2D eigenvalue weighted by molar-refractivity contribution is 7.19. The van der Waals surface area contributed by atoms with Crippen molar-refractivity contribution in [2.45, 2.75) is 58.6 Å². The second-order valence-corrected chi connectivity index (χ2v) is 10.4. The van der Waals surface area contributed by atoms with Crippen molar-refractivity contribution in [3.63, 3.8) is 0 Å². The van der Waals surface area contributed by atoms with Gasteiger partial charge in [-0.05, 0) is 58.1 Å². The topological polar surface area (TPSA) is 126 Å². The highest BCUT2D eigenvalue weighted by Crippen LogP contribution is 2.40. The van der Waals surface area contributed by atoms with Gasteiger partial charge in [-0.1, -0.05) is 0 Å². The van der Waals surface area contributed by atoms with E-state index in [1.54, 1.807) is 28.6 Å². The third-order valence-corrected chi connectivity index (χ3v) is 7.46. The van der Waals surface area contributed by atoms with Crippen molar-refractivity contribution in [2.24, 2.45) is 0 Å². The summed E-state index contributed by atoms with van der Waals surface area (Å²) in [7, 11) is 0. The average molecular weight is 511 g/mol. The molecule has 4 N–H and O–H groups in total. The predicted octanol–water partition coefficient (Wildman–Crippen LogP) is 4.54. The summed E-state index contributed by atoms with van der Waals surface area (Å²) >= 11 is 1.77. The monoisotopic (exact) mass is 510 g/mol. The molecule has 10 heteroatoms. The lowest BCUT2D eigenvalue weighted by Crippen LogP contribution is -2.42. The van der Waals surface area contributed by atoms with E-state index in [0.717, 1.165) is 47.5 Å². The molecule has 1 aliphatic heterocycles. The quantitative estimate of drug-likeness (QED) is 0.252. The van der Waals surface area contributed by atoms with Crippen molar-refractivity contribution in [3.05, 3.63) is 34.5 Å². The predicted molar refractivity (Wildman–Crippen MR) is 145 cm³/mol. The Morgan fingerprint density at radius 1 is 1.31 bits per heavy atom. The van der Waals surface area contributed by atoms with Crippen molar-refractivity contribution in [1.29, 1.82) is 5.41 Å². The Bertz CT molecular complexity index is 1230. The van der Waals surface area contributed by atoms with Crippen LogP contribution in [0, 0.1) is 5.41 Å². The number of rotatable bonds is 6. The molecule has 1 aromatic carbocycles. The number of nitrogens with one attached hydrogen (secondary N) is 2. The molecule has 3 aromatic rings. The van der Waals surface area contributed by atoms with Gasteiger partial charge in [-0.3, -0.25) is 4.79 Å². The van der Waals surface area contributed by atoms with Crippen LogP contribution >= 0.6 is 11.3 Å². The summed E-state index contributed by atoms with van der Waals surface area (Å²) in [6, 6.07) is 3.87. The first kappa shape index (κ1) is 25.8. The average Bonchev–Trinajstić information content (AvgIpc) is 3.25. The van der Waals surface area contributed by atoms with E-state index >= 15 is 0 Å². The number of ether oxygens (including phenoxy) is 2. The largest absolute Gasteiger partial charge is 0.489 e. The molecule has 3 heterocycles. The van der Waals surface area contributed by atoms with Crippen LogP contribution in [-0.4, -0.2) is 59.4 Å². The highest BCUT2D eigenvalue weighted by Gasteiger charge is 2.21. The zero-order chi connectivity index (χ0) is 25.7. The molecule has 0 radical (unpaired) electrons. The molecule has 0 bridgehead atoms. The van der Waals surface area contributed by atoms with E-state index in [4.69, 9.17) is 20.6 Å². The molecule has 2 aliphatic rings. The number of nitrogen functional groups attached to an aromatic ring is 1. The molecule has 192 valence electrons. The number of benzene rings is 1. The number of nitrogens with zero attached hydrogens (tertiary/aromatic N) is 3. The lowest BCUT2D eigenvalue weighted by molar-refractivity contribution is -0.125. The molecule has 1 unspecified atom stereocenters. The van der Waals surface area contributed by atoms with Crippen LogP contribution in [0.3, 0.4) is 0 Å². The summed E-state index contributed by atoms with van der Waals surface area (Å²) in [6.45, 7) is 8.03. The Morgan fingerprint density at radius 3 is 2.81 bits per heavy atom. The standard InChI is InChI=1S/C20H23N5OS.C6H11NO2/c1-11(2)26-16-8-14(22)12(9-21)7-15(16)25-19-18-13-5-3-4-6-17(13)27-20(18)24-10-23-19;1-6-4-9-3-2-7(6)5-8/h7-11,21H,3-6,22H2,1-2H3,(H,23,24,25);5-6H,2-4H2,1H3. The van der Waals surface area contributed by atoms with Crippen LogP contribution in [0.1, 0.15) is 49.6 Å². The third-order valence-electron chi connectivity index (χ3n) is 6.26. The molecule has 9 nitrogen and oxygen atoms in total. The van der Waals surface area contributed by atoms with E-state index in [0.29, 0.717) is 30.2 Å². The number of aromatic nitrogens is 2. The van der Waals surface area contributed by atoms with Gasteiger partial charge in [0.15, 0.2) is 0 Å². The maximum atomic E-state index is 10.2. The highest BCUT2D eigenvalue weighted by atomic mass is 32.1. The minimum Gasteiger partial charge on any atom is -0.489 e. The number of hydrogen-bond donors (Lipinski definition) is 3. The molecule has 1 amide bonds. The second-order valence-electron chi connectivity index (χ2n) is 9.29. The number of hydrogen-bond acceptors (Lipinski definition) is 9. The summed E-state index contributed by atoms with van der Waals surface area (Å²) in [5.74, 6) is 1.44. The summed E-state index contributed by atoms with van der Waals surface area (Å²) in [6.07, 6.45) is 8.38. The minimum absolute atomic E-state index is 0.00936. The Kier molecular flexibility index (Phi) is 8.37. The van der Waals surface area contributed by atoms with Crippen LogP contribution in [0.4, 0.5) is 17.2 Å². The van der Waals surface area contributed by atoms with Crippen molar-refractivity contribution >= 4 is 51.4 Å². The molecule has 5 rings (SSSR count). The molecule has 36 heavy (non-hydrogen) atoms. The number of anilines is 3. The Hall–Kier alpha value is -3.24. The molecule has 0 spiro atoms. The van der Waals surface area contributed by atoms with Gasteiger partial charge >= 0.3 is 0 Å². The van der Waals surface area contributed by atoms with Crippen LogP contribution in [0.15, 0.2) is 18.5 Å². The van der Waals surface area contributed by atoms with Gasteiger partial charge in [0.05, 0.1) is 36.4 Å². The van der Waals surface area contributed by atoms with Crippen molar-refractivity contribution in [2.75, 3.05) is 30.8 Å². The summed E-state index contributed by atoms with van der Waals surface area (Å²) < 4.78 is 11.1. The maximum Gasteiger partial charge on any atom is 0.210 e. The zero-order valence-corrected chi connectivity index (χ0v) is 21.9. The first-order chi connectivity index (χ1) is 17.4. The van der Waals surface area contributed by atoms with Gasteiger partial charge in [-0.2, -0.15) is 0 Å². The molecule has 1 saturated heterocycles. The van der Waals surface area contributed by atoms with Crippen LogP contribution in [0.25, 0.3) is 10.2 Å². The molecular formula is C26H34N6O3S. The fourth-order valence-electron chi connectivity index (χ4n) is 4.40. The third kappa shape index (κ3) is 5.76. The van der Waals surface area contributed by atoms with Gasteiger partial charge in [0, 0.05) is 35.0 Å². The van der Waals surface area contributed by atoms with Gasteiger partial charge in [0.2, 0.25) is 6.41 Å². The Balaban J connectivity index is 0.000000286. The van der Waals surface area contributed by atoms with E-state index in [9.17, 15) is 4.79 Å². The number of thiophene rings is 1. The summed E-state index contributed by atoms with van der Waals surface area (Å²) in [5.41, 5.74) is 9.35. The lowest BCUT2D eigenvalue weighted by atomic mass is 9.97. The van der Waals surface area contributed by atoms with Crippen LogP contribution in [0.5, 0.6) is 5.75 Å². The lowest BCUT2D eigenvalue weighted by Gasteiger charge is -2.29. The first-order valence-electron chi connectivity index (χ1n) is 12.3. The number of nitrogens with two attached hydrogens (primary N) is 1. The number of carbonyl (C=O) groups excluding carboxylic acids is 1. The number of aryl methyl sites for hydroxylation is 2. The van der Waals surface area contributed by atoms with E-state index < -0.39 is 0 Å². The van der Waals surface area contributed by atoms with Crippen molar-refractivity contribution in [3.8, 4) is 5.75 Å². The van der Waals surface area contributed by atoms with Gasteiger partial charge in [0.25, 0.3) is 0 Å². The van der Waals surface area contributed by atoms with E-state index in [-0.39, 0.29) is 12.1 Å². The van der Waals surface area contributed by atoms with Gasteiger partial charge in [0.1, 0.15) is 22.7 Å². The number of fused-ring (bicyclic) bond motifs is 3. The maximum absolute atomic E-state index is 10.2. The summed E-state index contributed by atoms with van der Waals surface area (Å²) in [5, 5.41) is 12.1. The van der Waals surface area contributed by atoms with Crippen LogP contribution < -0.4 is 15.8 Å². The molecule has 1 aliphatic carbocycles. The van der Waals surface area contributed by atoms with Gasteiger partial charge < -0.3 is 30.8 Å². The fraction of sp³-hybridized carbons (Fsp3) is 0.462. The molecule has 2 aromatic heterocycles. The normalized spacial score (nSPS) is 17.2. The van der Waals surface area contributed by atoms with Gasteiger partial charge in [-0.25, -0.2) is 9.97 Å². The van der Waals surface area contributed by atoms with E-state index in [2.05, 4.69) is 15.3 Å². The molecule has 0 saturated carbocycles. The smallest absolute Gasteiger partial charge is 0.210 e. The first-order valence-corrected chi connectivity index (χ1v) is 13.1. The van der Waals surface area contributed by atoms with Gasteiger partial charge in [-0.15, -0.1) is 11.3 Å². The number of amides is 1. The SMILES string of the molecule is CC(C)Oc1cc(N)c(C=N)cc1Nc1ncnc2sc3c(c12)CCCC3.CC1COCCN1C=O. The fourth-order valence-corrected chi connectivity index (χ4v) is 5.62. The van der Waals surface area contributed by atoms with Crippen molar-refractivity contribution in [1.82, 2.24) is 14.9 Å². The Morgan fingerprint density at radius 2 is 2.11 bits per heavy atom. The van der Waals surface area contributed by atoms with Crippen LogP contribution in [0.2, 0.25) is 0 Å². The number of carbonyl (C=O) groups is 1. The molecule has 1 fully saturated rings. The molecular weight excluding hydrogens is 476 g/mol. The van der Waals surface area contributed by atoms with Crippen LogP contribution in [-0.2, 0) is 22.4 Å². The van der Waals surface area contributed by atoms with E-state index in [1.165, 1.54) is 29.5 Å². The minimum atomic E-state index is 0.00936. The Labute approximate surface area is 215 Å². The number of morpholine rings is 1. The molecule has 1 atom stereocenters. The summed E-state index contributed by atoms with van der Waals surface area (Å²) in [4.78, 5) is 23.5.